The van der Waals surface area contributed by atoms with E-state index in [0.29, 0.717) is 40.8 Å². The normalized spacial score (nSPS) is 14.8. The highest BCUT2D eigenvalue weighted by Gasteiger charge is 2.19. The van der Waals surface area contributed by atoms with E-state index in [2.05, 4.69) is 19.9 Å². The van der Waals surface area contributed by atoms with Crippen LogP contribution in [0.25, 0.3) is 22.3 Å². The van der Waals surface area contributed by atoms with Crippen LogP contribution in [0.5, 0.6) is 0 Å². The molecule has 0 unspecified atom stereocenters. The zero-order valence-electron chi connectivity index (χ0n) is 22.6. The van der Waals surface area contributed by atoms with Crippen LogP contribution in [0.2, 0.25) is 0 Å². The molecule has 1 aliphatic heterocycles. The average molecular weight is 528 g/mol. The third-order valence-electron chi connectivity index (χ3n) is 6.68. The number of carbonyl (C=O) groups is 2. The van der Waals surface area contributed by atoms with E-state index in [4.69, 9.17) is 5.73 Å². The van der Waals surface area contributed by atoms with Crippen molar-refractivity contribution in [1.29, 1.82) is 0 Å². The summed E-state index contributed by atoms with van der Waals surface area (Å²) in [7, 11) is 3.37. The van der Waals surface area contributed by atoms with Crippen molar-refractivity contribution in [2.24, 2.45) is 10.7 Å². The number of fused-ring (bicyclic) bond motifs is 3. The highest BCUT2D eigenvalue weighted by atomic mass is 16.1. The van der Waals surface area contributed by atoms with E-state index in [0.717, 1.165) is 42.7 Å². The lowest BCUT2D eigenvalue weighted by Crippen LogP contribution is -2.20. The number of nitrogens with one attached hydrogen (secondary N) is 1. The number of pyridine rings is 2. The van der Waals surface area contributed by atoms with Gasteiger partial charge in [-0.05, 0) is 69.0 Å². The second kappa shape index (κ2) is 11.8. The highest BCUT2D eigenvalue weighted by molar-refractivity contribution is 5.94. The topological polar surface area (TPSA) is 128 Å². The van der Waals surface area contributed by atoms with Crippen LogP contribution < -0.4 is 16.6 Å². The molecule has 0 saturated heterocycles. The standard InChI is InChI=1S/C29H33N7O3/c1-19(31-3)14-27(30)33-20(2)13-21(16-34(4)18-38)23-8-10-32-28(25(23)17-37)36-12-9-26-24(29(36)39)15-22-7-5-6-11-35(22)26/h8-10,12-18,31H,5-7,11H2,1-4H3,(H2,30,33)/b19-14-,20-13+,21-16+. The van der Waals surface area contributed by atoms with Gasteiger partial charge in [0.15, 0.2) is 12.1 Å². The van der Waals surface area contributed by atoms with E-state index in [1.165, 1.54) is 15.7 Å². The summed E-state index contributed by atoms with van der Waals surface area (Å²) in [6.45, 7) is 4.51. The first-order valence-corrected chi connectivity index (χ1v) is 12.7. The molecule has 3 N–H and O–H groups in total. The number of aryl methyl sites for hydroxylation is 2. The summed E-state index contributed by atoms with van der Waals surface area (Å²) in [5.41, 5.74) is 10.4. The van der Waals surface area contributed by atoms with Gasteiger partial charge in [0.05, 0.1) is 16.5 Å². The number of nitrogens with two attached hydrogens (primary N) is 1. The van der Waals surface area contributed by atoms with Gasteiger partial charge in [-0.3, -0.25) is 19.0 Å². The number of hydrogen-bond donors (Lipinski definition) is 2. The maximum absolute atomic E-state index is 13.6. The lowest BCUT2D eigenvalue weighted by molar-refractivity contribution is -0.114. The number of aldehydes is 1. The van der Waals surface area contributed by atoms with Gasteiger partial charge in [0.2, 0.25) is 6.41 Å². The Labute approximate surface area is 226 Å². The van der Waals surface area contributed by atoms with Crippen molar-refractivity contribution in [3.05, 3.63) is 87.5 Å². The number of rotatable bonds is 9. The third kappa shape index (κ3) is 5.74. The second-order valence-corrected chi connectivity index (χ2v) is 9.50. The van der Waals surface area contributed by atoms with Crippen LogP contribution >= 0.6 is 0 Å². The molecule has 0 spiro atoms. The Hall–Kier alpha value is -4.73. The molecule has 1 amide bonds. The molecule has 0 fully saturated rings. The molecular formula is C29H33N7O3. The summed E-state index contributed by atoms with van der Waals surface area (Å²) in [4.78, 5) is 47.7. The van der Waals surface area contributed by atoms with E-state index in [9.17, 15) is 14.4 Å². The fourth-order valence-corrected chi connectivity index (χ4v) is 4.77. The molecule has 3 aromatic rings. The minimum absolute atomic E-state index is 0.208. The summed E-state index contributed by atoms with van der Waals surface area (Å²) in [5.74, 6) is 0.500. The van der Waals surface area contributed by atoms with E-state index in [-0.39, 0.29) is 16.9 Å². The Morgan fingerprint density at radius 3 is 2.72 bits per heavy atom. The predicted molar refractivity (Wildman–Crippen MR) is 154 cm³/mol. The van der Waals surface area contributed by atoms with Gasteiger partial charge < -0.3 is 20.5 Å². The summed E-state index contributed by atoms with van der Waals surface area (Å²) < 4.78 is 3.60. The molecule has 0 radical (unpaired) electrons. The first kappa shape index (κ1) is 27.3. The van der Waals surface area contributed by atoms with Crippen LogP contribution in [0.4, 0.5) is 0 Å². The first-order chi connectivity index (χ1) is 18.8. The van der Waals surface area contributed by atoms with Gasteiger partial charge in [-0.2, -0.15) is 0 Å². The van der Waals surface area contributed by atoms with Crippen LogP contribution in [0.1, 0.15) is 48.3 Å². The van der Waals surface area contributed by atoms with Gasteiger partial charge in [-0.15, -0.1) is 0 Å². The molecule has 0 aliphatic carbocycles. The third-order valence-corrected chi connectivity index (χ3v) is 6.68. The van der Waals surface area contributed by atoms with Crippen molar-refractivity contribution in [2.45, 2.75) is 39.7 Å². The number of amides is 1. The molecule has 0 atom stereocenters. The molecule has 4 rings (SSSR count). The Balaban J connectivity index is 1.86. The summed E-state index contributed by atoms with van der Waals surface area (Å²) in [6.07, 6.45) is 12.6. The summed E-state index contributed by atoms with van der Waals surface area (Å²) in [5, 5.41) is 3.58. The van der Waals surface area contributed by atoms with E-state index >= 15 is 0 Å². The molecular weight excluding hydrogens is 494 g/mol. The second-order valence-electron chi connectivity index (χ2n) is 9.50. The quantitative estimate of drug-likeness (QED) is 0.190. The number of aliphatic imine (C=N–C) groups is 1. The van der Waals surface area contributed by atoms with Gasteiger partial charge in [0, 0.05) is 61.9 Å². The Bertz CT molecular complexity index is 1600. The SMILES string of the molecule is CN\C(C)=C/C(N)=N/C(C)=C/C(=C\N(C)C=O)c1ccnc(-n2ccc3c(cc4n3CCCC4)c2=O)c1C=O. The lowest BCUT2D eigenvalue weighted by atomic mass is 10.0. The molecule has 202 valence electrons. The maximum Gasteiger partial charge on any atom is 0.265 e. The average Bonchev–Trinajstić information content (AvgIpc) is 3.31. The van der Waals surface area contributed by atoms with E-state index in [1.54, 1.807) is 51.6 Å². The van der Waals surface area contributed by atoms with E-state index < -0.39 is 0 Å². The molecule has 3 aromatic heterocycles. The number of carbonyl (C=O) groups excluding carboxylic acids is 2. The van der Waals surface area contributed by atoms with Crippen molar-refractivity contribution in [1.82, 2.24) is 24.3 Å². The number of aromatic nitrogens is 3. The molecule has 0 aromatic carbocycles. The minimum Gasteiger partial charge on any atom is -0.392 e. The summed E-state index contributed by atoms with van der Waals surface area (Å²) >= 11 is 0. The van der Waals surface area contributed by atoms with Crippen LogP contribution in [-0.2, 0) is 17.8 Å². The van der Waals surface area contributed by atoms with E-state index in [1.807, 2.05) is 19.1 Å². The zero-order chi connectivity index (χ0) is 28.1. The Morgan fingerprint density at radius 1 is 1.21 bits per heavy atom. The van der Waals surface area contributed by atoms with Crippen molar-refractivity contribution in [3.8, 4) is 5.82 Å². The van der Waals surface area contributed by atoms with Gasteiger partial charge in [0.25, 0.3) is 5.56 Å². The predicted octanol–water partition coefficient (Wildman–Crippen LogP) is 3.15. The van der Waals surface area contributed by atoms with Crippen molar-refractivity contribution in [2.75, 3.05) is 14.1 Å². The van der Waals surface area contributed by atoms with Crippen LogP contribution in [0.3, 0.4) is 0 Å². The molecule has 10 nitrogen and oxygen atoms in total. The molecule has 0 bridgehead atoms. The van der Waals surface area contributed by atoms with Crippen molar-refractivity contribution in [3.63, 3.8) is 0 Å². The van der Waals surface area contributed by atoms with Crippen molar-refractivity contribution < 1.29 is 9.59 Å². The Kier molecular flexibility index (Phi) is 8.24. The smallest absolute Gasteiger partial charge is 0.265 e. The molecule has 39 heavy (non-hydrogen) atoms. The van der Waals surface area contributed by atoms with Crippen LogP contribution in [-0.4, -0.2) is 51.6 Å². The van der Waals surface area contributed by atoms with Gasteiger partial charge in [0.1, 0.15) is 5.84 Å². The fraction of sp³-hybridized carbons (Fsp3) is 0.276. The van der Waals surface area contributed by atoms with Gasteiger partial charge >= 0.3 is 0 Å². The monoisotopic (exact) mass is 527 g/mol. The number of allylic oxidation sites excluding steroid dienone is 4. The number of nitrogens with zero attached hydrogens (tertiary/aromatic N) is 5. The molecule has 0 saturated carbocycles. The Morgan fingerprint density at radius 2 is 2.00 bits per heavy atom. The van der Waals surface area contributed by atoms with Gasteiger partial charge in [-0.1, -0.05) is 0 Å². The number of amidine groups is 1. The number of hydrogen-bond acceptors (Lipinski definition) is 6. The highest BCUT2D eigenvalue weighted by Crippen LogP contribution is 2.27. The first-order valence-electron chi connectivity index (χ1n) is 12.7. The lowest BCUT2D eigenvalue weighted by Gasteiger charge is -2.16. The molecule has 1 aliphatic rings. The summed E-state index contributed by atoms with van der Waals surface area (Å²) in [6, 6.07) is 5.51. The minimum atomic E-state index is -0.242. The molecule has 4 heterocycles. The zero-order valence-corrected chi connectivity index (χ0v) is 22.6. The largest absolute Gasteiger partial charge is 0.392 e. The van der Waals surface area contributed by atoms with Gasteiger partial charge in [-0.25, -0.2) is 9.98 Å². The van der Waals surface area contributed by atoms with Crippen molar-refractivity contribution >= 4 is 35.0 Å². The van der Waals surface area contributed by atoms with Crippen LogP contribution in [0.15, 0.2) is 70.1 Å². The maximum atomic E-state index is 13.6. The fourth-order valence-electron chi connectivity index (χ4n) is 4.77. The molecule has 10 heteroatoms. The van der Waals surface area contributed by atoms with Crippen LogP contribution in [0, 0.1) is 0 Å².